The van der Waals surface area contributed by atoms with Crippen LogP contribution in [0.15, 0.2) is 34.9 Å². The van der Waals surface area contributed by atoms with E-state index in [4.69, 9.17) is 14.5 Å². The summed E-state index contributed by atoms with van der Waals surface area (Å²) >= 11 is 0. The second kappa shape index (κ2) is 5.99. The Morgan fingerprint density at radius 2 is 2.25 bits per heavy atom. The zero-order valence-electron chi connectivity index (χ0n) is 11.2. The van der Waals surface area contributed by atoms with Crippen molar-refractivity contribution in [1.29, 1.82) is 5.26 Å². The molecule has 0 fully saturated rings. The third-order valence-electron chi connectivity index (χ3n) is 2.76. The summed E-state index contributed by atoms with van der Waals surface area (Å²) in [6.45, 7) is 0.249. The lowest BCUT2D eigenvalue weighted by atomic mass is 10.1. The fourth-order valence-corrected chi connectivity index (χ4v) is 1.77. The van der Waals surface area contributed by atoms with Crippen molar-refractivity contribution < 1.29 is 14.1 Å². The molecule has 0 saturated carbocycles. The molecule has 6 heteroatoms. The molecule has 2 aromatic rings. The minimum atomic E-state index is -0.348. The molecular formula is C14H13N3O3. The molecule has 0 aliphatic carbocycles. The SMILES string of the molecule is COCc1cc(C(=O)N(C)c2ccccc2C#N)no1. The molecule has 0 N–H and O–H groups in total. The zero-order valence-corrected chi connectivity index (χ0v) is 11.2. The summed E-state index contributed by atoms with van der Waals surface area (Å²) in [4.78, 5) is 13.7. The minimum absolute atomic E-state index is 0.173. The van der Waals surface area contributed by atoms with Crippen LogP contribution >= 0.6 is 0 Å². The van der Waals surface area contributed by atoms with Crippen molar-refractivity contribution in [3.63, 3.8) is 0 Å². The van der Waals surface area contributed by atoms with Crippen molar-refractivity contribution in [2.75, 3.05) is 19.1 Å². The molecule has 0 saturated heterocycles. The number of nitriles is 1. The number of benzene rings is 1. The summed E-state index contributed by atoms with van der Waals surface area (Å²) in [5.41, 5.74) is 1.12. The van der Waals surface area contributed by atoms with Crippen LogP contribution in [0.25, 0.3) is 0 Å². The minimum Gasteiger partial charge on any atom is -0.377 e. The molecule has 0 unspecified atom stereocenters. The smallest absolute Gasteiger partial charge is 0.280 e. The van der Waals surface area contributed by atoms with Crippen LogP contribution in [-0.4, -0.2) is 25.2 Å². The van der Waals surface area contributed by atoms with Gasteiger partial charge in [-0.05, 0) is 12.1 Å². The van der Waals surface area contributed by atoms with Crippen molar-refractivity contribution in [2.24, 2.45) is 0 Å². The number of carbonyl (C=O) groups excluding carboxylic acids is 1. The molecule has 2 rings (SSSR count). The highest BCUT2D eigenvalue weighted by molar-refractivity contribution is 6.05. The molecule has 1 heterocycles. The molecule has 102 valence electrons. The molecule has 0 atom stereocenters. The van der Waals surface area contributed by atoms with E-state index in [9.17, 15) is 4.79 Å². The largest absolute Gasteiger partial charge is 0.377 e. The highest BCUT2D eigenvalue weighted by atomic mass is 16.5. The number of methoxy groups -OCH3 is 1. The van der Waals surface area contributed by atoms with Gasteiger partial charge in [-0.15, -0.1) is 0 Å². The zero-order chi connectivity index (χ0) is 14.5. The first kappa shape index (κ1) is 13.8. The van der Waals surface area contributed by atoms with E-state index in [0.29, 0.717) is 17.0 Å². The number of carbonyl (C=O) groups is 1. The molecule has 1 aromatic carbocycles. The van der Waals surface area contributed by atoms with E-state index in [1.54, 1.807) is 31.3 Å². The monoisotopic (exact) mass is 271 g/mol. The van der Waals surface area contributed by atoms with Gasteiger partial charge in [0.15, 0.2) is 11.5 Å². The van der Waals surface area contributed by atoms with Gasteiger partial charge in [0.1, 0.15) is 12.7 Å². The lowest BCUT2D eigenvalue weighted by Crippen LogP contribution is -2.27. The maximum atomic E-state index is 12.3. The fraction of sp³-hybridized carbons (Fsp3) is 0.214. The van der Waals surface area contributed by atoms with E-state index in [1.165, 1.54) is 18.1 Å². The fourth-order valence-electron chi connectivity index (χ4n) is 1.77. The number of hydrogen-bond donors (Lipinski definition) is 0. The number of hydrogen-bond acceptors (Lipinski definition) is 5. The Kier molecular flexibility index (Phi) is 4.13. The van der Waals surface area contributed by atoms with Crippen molar-refractivity contribution in [3.05, 3.63) is 47.3 Å². The molecule has 0 bridgehead atoms. The number of anilines is 1. The molecule has 1 amide bonds. The van der Waals surface area contributed by atoms with Crippen LogP contribution in [0, 0.1) is 11.3 Å². The summed E-state index contributed by atoms with van der Waals surface area (Å²) in [5.74, 6) is 0.122. The van der Waals surface area contributed by atoms with E-state index < -0.39 is 0 Å². The maximum Gasteiger partial charge on any atom is 0.280 e. The number of amides is 1. The highest BCUT2D eigenvalue weighted by Crippen LogP contribution is 2.20. The van der Waals surface area contributed by atoms with Gasteiger partial charge in [-0.1, -0.05) is 17.3 Å². The third kappa shape index (κ3) is 2.68. The molecular weight excluding hydrogens is 258 g/mol. The summed E-state index contributed by atoms with van der Waals surface area (Å²) in [7, 11) is 3.11. The van der Waals surface area contributed by atoms with Crippen LogP contribution in [0.4, 0.5) is 5.69 Å². The Bertz CT molecular complexity index is 658. The quantitative estimate of drug-likeness (QED) is 0.849. The Labute approximate surface area is 116 Å². The summed E-state index contributed by atoms with van der Waals surface area (Å²) < 4.78 is 9.88. The third-order valence-corrected chi connectivity index (χ3v) is 2.76. The topological polar surface area (TPSA) is 79.4 Å². The standard InChI is InChI=1S/C14H13N3O3/c1-17(13-6-4-3-5-10(13)8-15)14(18)12-7-11(9-19-2)20-16-12/h3-7H,9H2,1-2H3. The van der Waals surface area contributed by atoms with Crippen LogP contribution in [0.5, 0.6) is 0 Å². The average molecular weight is 271 g/mol. The number of ether oxygens (including phenoxy) is 1. The second-order valence-corrected chi connectivity index (χ2v) is 4.10. The normalized spacial score (nSPS) is 10.1. The molecule has 0 aliphatic rings. The maximum absolute atomic E-state index is 12.3. The summed E-state index contributed by atoms with van der Waals surface area (Å²) in [6.07, 6.45) is 0. The van der Waals surface area contributed by atoms with E-state index in [1.807, 2.05) is 0 Å². The number of rotatable bonds is 4. The predicted molar refractivity (Wildman–Crippen MR) is 71.1 cm³/mol. The van der Waals surface area contributed by atoms with Gasteiger partial charge in [-0.3, -0.25) is 4.79 Å². The van der Waals surface area contributed by atoms with Gasteiger partial charge >= 0.3 is 0 Å². The van der Waals surface area contributed by atoms with Gasteiger partial charge in [0.05, 0.1) is 11.3 Å². The first-order valence-corrected chi connectivity index (χ1v) is 5.89. The van der Waals surface area contributed by atoms with Crippen LogP contribution in [0.2, 0.25) is 0 Å². The van der Waals surface area contributed by atoms with Crippen LogP contribution in [0.1, 0.15) is 21.8 Å². The van der Waals surface area contributed by atoms with E-state index in [-0.39, 0.29) is 18.2 Å². The lowest BCUT2D eigenvalue weighted by Gasteiger charge is -2.16. The van der Waals surface area contributed by atoms with E-state index in [2.05, 4.69) is 11.2 Å². The van der Waals surface area contributed by atoms with Crippen LogP contribution in [0.3, 0.4) is 0 Å². The first-order valence-electron chi connectivity index (χ1n) is 5.89. The van der Waals surface area contributed by atoms with Gasteiger partial charge in [0, 0.05) is 20.2 Å². The van der Waals surface area contributed by atoms with Crippen molar-refractivity contribution >= 4 is 11.6 Å². The predicted octanol–water partition coefficient (Wildman–Crippen LogP) is 1.97. The van der Waals surface area contributed by atoms with E-state index >= 15 is 0 Å². The van der Waals surface area contributed by atoms with Crippen molar-refractivity contribution in [1.82, 2.24) is 5.16 Å². The molecule has 0 aliphatic heterocycles. The van der Waals surface area contributed by atoms with E-state index in [0.717, 1.165) is 0 Å². The molecule has 20 heavy (non-hydrogen) atoms. The second-order valence-electron chi connectivity index (χ2n) is 4.10. The van der Waals surface area contributed by atoms with Crippen molar-refractivity contribution in [3.8, 4) is 6.07 Å². The Morgan fingerprint density at radius 3 is 2.95 bits per heavy atom. The Morgan fingerprint density at radius 1 is 1.50 bits per heavy atom. The lowest BCUT2D eigenvalue weighted by molar-refractivity contribution is 0.0983. The van der Waals surface area contributed by atoms with Gasteiger partial charge in [-0.2, -0.15) is 5.26 Å². The Hall–Kier alpha value is -2.65. The summed E-state index contributed by atoms with van der Waals surface area (Å²) in [5, 5.41) is 12.8. The first-order chi connectivity index (χ1) is 9.67. The van der Waals surface area contributed by atoms with Gasteiger partial charge in [0.2, 0.25) is 0 Å². The molecule has 0 spiro atoms. The summed E-state index contributed by atoms with van der Waals surface area (Å²) in [6, 6.07) is 10.4. The van der Waals surface area contributed by atoms with Gasteiger partial charge in [-0.25, -0.2) is 0 Å². The Balaban J connectivity index is 2.26. The molecule has 1 aromatic heterocycles. The van der Waals surface area contributed by atoms with Gasteiger partial charge in [0.25, 0.3) is 5.91 Å². The van der Waals surface area contributed by atoms with Gasteiger partial charge < -0.3 is 14.2 Å². The molecule has 0 radical (unpaired) electrons. The van der Waals surface area contributed by atoms with Crippen LogP contribution < -0.4 is 4.90 Å². The highest BCUT2D eigenvalue weighted by Gasteiger charge is 2.20. The number of para-hydroxylation sites is 1. The average Bonchev–Trinajstić information content (AvgIpc) is 2.94. The molecule has 6 nitrogen and oxygen atoms in total. The number of aromatic nitrogens is 1. The number of nitrogens with zero attached hydrogens (tertiary/aromatic N) is 3. The van der Waals surface area contributed by atoms with Crippen LogP contribution in [-0.2, 0) is 11.3 Å². The van der Waals surface area contributed by atoms with Crippen molar-refractivity contribution in [2.45, 2.75) is 6.61 Å².